The highest BCUT2D eigenvalue weighted by molar-refractivity contribution is 5.96. The fraction of sp³-hybridized carbons (Fsp3) is 0.300. The second-order valence-corrected chi connectivity index (χ2v) is 6.23. The zero-order valence-corrected chi connectivity index (χ0v) is 14.7. The maximum atomic E-state index is 13.3. The first-order valence-corrected chi connectivity index (χ1v) is 8.50. The van der Waals surface area contributed by atoms with Gasteiger partial charge in [0.1, 0.15) is 5.82 Å². The van der Waals surface area contributed by atoms with Crippen LogP contribution in [0.1, 0.15) is 26.3 Å². The molecule has 6 heteroatoms. The predicted molar refractivity (Wildman–Crippen MR) is 95.4 cm³/mol. The highest BCUT2D eigenvalue weighted by atomic mass is 19.1. The summed E-state index contributed by atoms with van der Waals surface area (Å²) in [6.07, 6.45) is 0. The monoisotopic (exact) mass is 356 g/mol. The van der Waals surface area contributed by atoms with E-state index in [0.29, 0.717) is 43.9 Å². The molecule has 0 unspecified atom stereocenters. The van der Waals surface area contributed by atoms with Crippen LogP contribution in [-0.4, -0.2) is 54.9 Å². The molecule has 1 aliphatic rings. The average Bonchev–Trinajstić information content (AvgIpc) is 2.67. The van der Waals surface area contributed by atoms with Crippen molar-refractivity contribution in [1.82, 2.24) is 9.80 Å². The Kier molecular flexibility index (Phi) is 5.63. The maximum absolute atomic E-state index is 13.3. The third kappa shape index (κ3) is 4.08. The van der Waals surface area contributed by atoms with Crippen molar-refractivity contribution < 1.29 is 18.7 Å². The molecule has 1 saturated heterocycles. The van der Waals surface area contributed by atoms with Gasteiger partial charge < -0.3 is 14.5 Å². The Bertz CT molecular complexity index is 801. The lowest BCUT2D eigenvalue weighted by molar-refractivity contribution is 0.0535. The van der Waals surface area contributed by atoms with Gasteiger partial charge in [0.05, 0.1) is 6.61 Å². The lowest BCUT2D eigenvalue weighted by Crippen LogP contribution is -2.50. The molecule has 0 radical (unpaired) electrons. The van der Waals surface area contributed by atoms with Crippen LogP contribution < -0.4 is 0 Å². The van der Waals surface area contributed by atoms with Crippen molar-refractivity contribution in [2.24, 2.45) is 0 Å². The summed E-state index contributed by atoms with van der Waals surface area (Å²) in [4.78, 5) is 28.5. The van der Waals surface area contributed by atoms with Gasteiger partial charge in [-0.2, -0.15) is 0 Å². The summed E-state index contributed by atoms with van der Waals surface area (Å²) in [5.41, 5.74) is 1.89. The Morgan fingerprint density at radius 1 is 0.923 bits per heavy atom. The van der Waals surface area contributed by atoms with E-state index < -0.39 is 5.82 Å². The lowest BCUT2D eigenvalue weighted by atomic mass is 10.1. The van der Waals surface area contributed by atoms with E-state index in [9.17, 15) is 14.0 Å². The number of piperazine rings is 1. The third-order valence-electron chi connectivity index (χ3n) is 4.41. The molecule has 0 aromatic heterocycles. The van der Waals surface area contributed by atoms with Crippen LogP contribution in [0.15, 0.2) is 48.5 Å². The molecule has 26 heavy (non-hydrogen) atoms. The van der Waals surface area contributed by atoms with Crippen molar-refractivity contribution >= 4 is 11.8 Å². The van der Waals surface area contributed by atoms with E-state index in [-0.39, 0.29) is 11.8 Å². The van der Waals surface area contributed by atoms with Gasteiger partial charge in [-0.05, 0) is 35.9 Å². The minimum atomic E-state index is -0.430. The zero-order valence-electron chi connectivity index (χ0n) is 14.7. The molecule has 0 aliphatic carbocycles. The van der Waals surface area contributed by atoms with E-state index in [1.165, 1.54) is 18.2 Å². The number of amides is 2. The van der Waals surface area contributed by atoms with Crippen molar-refractivity contribution in [3.8, 4) is 0 Å². The van der Waals surface area contributed by atoms with Crippen molar-refractivity contribution in [1.29, 1.82) is 0 Å². The predicted octanol–water partition coefficient (Wildman–Crippen LogP) is 2.57. The summed E-state index contributed by atoms with van der Waals surface area (Å²) in [5, 5.41) is 0. The van der Waals surface area contributed by atoms with E-state index in [0.717, 1.165) is 5.56 Å². The van der Waals surface area contributed by atoms with Gasteiger partial charge in [-0.1, -0.05) is 18.2 Å². The van der Waals surface area contributed by atoms with Crippen LogP contribution in [-0.2, 0) is 11.3 Å². The number of hydrogen-bond acceptors (Lipinski definition) is 3. The Morgan fingerprint density at radius 3 is 2.00 bits per heavy atom. The molecule has 2 aromatic rings. The van der Waals surface area contributed by atoms with Crippen LogP contribution in [0, 0.1) is 5.82 Å². The minimum absolute atomic E-state index is 0.0548. The number of rotatable bonds is 4. The molecule has 2 amide bonds. The molecule has 1 fully saturated rings. The van der Waals surface area contributed by atoms with Gasteiger partial charge in [-0.3, -0.25) is 9.59 Å². The van der Waals surface area contributed by atoms with Crippen LogP contribution in [0.3, 0.4) is 0 Å². The molecule has 2 aromatic carbocycles. The van der Waals surface area contributed by atoms with Crippen LogP contribution in [0.4, 0.5) is 4.39 Å². The van der Waals surface area contributed by atoms with Crippen molar-refractivity contribution in [2.45, 2.75) is 6.61 Å². The molecule has 5 nitrogen and oxygen atoms in total. The fourth-order valence-corrected chi connectivity index (χ4v) is 3.06. The Labute approximate surface area is 152 Å². The van der Waals surface area contributed by atoms with Crippen LogP contribution in [0.2, 0.25) is 0 Å². The van der Waals surface area contributed by atoms with E-state index in [4.69, 9.17) is 4.74 Å². The van der Waals surface area contributed by atoms with Gasteiger partial charge in [0.15, 0.2) is 0 Å². The molecule has 136 valence electrons. The molecule has 0 bridgehead atoms. The summed E-state index contributed by atoms with van der Waals surface area (Å²) in [7, 11) is 1.61. The topological polar surface area (TPSA) is 49.9 Å². The van der Waals surface area contributed by atoms with Crippen molar-refractivity contribution in [3.63, 3.8) is 0 Å². The van der Waals surface area contributed by atoms with Crippen molar-refractivity contribution in [3.05, 3.63) is 71.0 Å². The Morgan fingerprint density at radius 2 is 1.46 bits per heavy atom. The molecular formula is C20H21FN2O3. The number of ether oxygens (including phenoxy) is 1. The van der Waals surface area contributed by atoms with Crippen LogP contribution >= 0.6 is 0 Å². The molecule has 0 atom stereocenters. The number of carbonyl (C=O) groups excluding carboxylic acids is 2. The quantitative estimate of drug-likeness (QED) is 0.846. The zero-order chi connectivity index (χ0) is 18.5. The number of hydrogen-bond donors (Lipinski definition) is 0. The maximum Gasteiger partial charge on any atom is 0.254 e. The van der Waals surface area contributed by atoms with E-state index >= 15 is 0 Å². The summed E-state index contributed by atoms with van der Waals surface area (Å²) in [6.45, 7) is 2.22. The summed E-state index contributed by atoms with van der Waals surface area (Å²) in [6, 6.07) is 13.0. The van der Waals surface area contributed by atoms with Gasteiger partial charge in [0.25, 0.3) is 11.8 Å². The summed E-state index contributed by atoms with van der Waals surface area (Å²) < 4.78 is 18.4. The van der Waals surface area contributed by atoms with Gasteiger partial charge in [0.2, 0.25) is 0 Å². The SMILES string of the molecule is COCc1cccc(C(=O)N2CCN(C(=O)c3cccc(F)c3)CC2)c1. The van der Waals surface area contributed by atoms with E-state index in [1.807, 2.05) is 18.2 Å². The number of carbonyl (C=O) groups is 2. The standard InChI is InChI=1S/C20H21FN2O3/c1-26-14-15-4-2-5-16(12-15)19(24)22-8-10-23(11-9-22)20(25)17-6-3-7-18(21)13-17/h2-7,12-13H,8-11,14H2,1H3. The van der Waals surface area contributed by atoms with E-state index in [2.05, 4.69) is 0 Å². The van der Waals surface area contributed by atoms with Gasteiger partial charge in [0, 0.05) is 44.4 Å². The van der Waals surface area contributed by atoms with Gasteiger partial charge in [-0.25, -0.2) is 4.39 Å². The van der Waals surface area contributed by atoms with Crippen molar-refractivity contribution in [2.75, 3.05) is 33.3 Å². The lowest BCUT2D eigenvalue weighted by Gasteiger charge is -2.35. The largest absolute Gasteiger partial charge is 0.380 e. The summed E-state index contributed by atoms with van der Waals surface area (Å²) in [5.74, 6) is -0.694. The third-order valence-corrected chi connectivity index (χ3v) is 4.41. The first-order valence-electron chi connectivity index (χ1n) is 8.50. The molecule has 1 aliphatic heterocycles. The van der Waals surface area contributed by atoms with Crippen LogP contribution in [0.25, 0.3) is 0 Å². The number of nitrogens with zero attached hydrogens (tertiary/aromatic N) is 2. The molecule has 0 N–H and O–H groups in total. The Hall–Kier alpha value is -2.73. The Balaban J connectivity index is 1.62. The normalized spacial score (nSPS) is 14.4. The highest BCUT2D eigenvalue weighted by Crippen LogP contribution is 2.14. The molecule has 1 heterocycles. The van der Waals surface area contributed by atoms with Crippen LogP contribution in [0.5, 0.6) is 0 Å². The number of methoxy groups -OCH3 is 1. The molecule has 0 saturated carbocycles. The second kappa shape index (κ2) is 8.10. The second-order valence-electron chi connectivity index (χ2n) is 6.23. The number of halogens is 1. The first kappa shape index (κ1) is 18.1. The number of benzene rings is 2. The molecule has 0 spiro atoms. The average molecular weight is 356 g/mol. The summed E-state index contributed by atoms with van der Waals surface area (Å²) >= 11 is 0. The van der Waals surface area contributed by atoms with E-state index in [1.54, 1.807) is 29.0 Å². The van der Waals surface area contributed by atoms with Gasteiger partial charge in [-0.15, -0.1) is 0 Å². The first-order chi connectivity index (χ1) is 12.6. The minimum Gasteiger partial charge on any atom is -0.380 e. The smallest absolute Gasteiger partial charge is 0.254 e. The molecule has 3 rings (SSSR count). The fourth-order valence-electron chi connectivity index (χ4n) is 3.06. The highest BCUT2D eigenvalue weighted by Gasteiger charge is 2.25. The molecular weight excluding hydrogens is 335 g/mol. The van der Waals surface area contributed by atoms with Gasteiger partial charge >= 0.3 is 0 Å².